The molecule has 2 aromatic carbocycles. The molecule has 0 aliphatic carbocycles. The van der Waals surface area contributed by atoms with Gasteiger partial charge in [-0.3, -0.25) is 0 Å². The Bertz CT molecular complexity index is 495. The molecule has 0 heterocycles. The molecule has 2 rings (SSSR count). The molecule has 0 aliphatic heterocycles. The Morgan fingerprint density at radius 3 is 1.95 bits per heavy atom. The van der Waals surface area contributed by atoms with E-state index in [1.807, 2.05) is 11.8 Å². The number of hydrogen-bond donors (Lipinski definition) is 0. The van der Waals surface area contributed by atoms with E-state index in [9.17, 15) is 0 Å². The zero-order chi connectivity index (χ0) is 13.7. The largest absolute Gasteiger partial charge is 0.115 e. The van der Waals surface area contributed by atoms with Crippen LogP contribution in [-0.2, 0) is 4.75 Å². The first-order valence-corrected chi connectivity index (χ1v) is 7.83. The van der Waals surface area contributed by atoms with Crippen molar-refractivity contribution < 1.29 is 0 Å². The van der Waals surface area contributed by atoms with Crippen LogP contribution in [-0.4, -0.2) is 0 Å². The predicted octanol–water partition coefficient (Wildman–Crippen LogP) is 5.80. The lowest BCUT2D eigenvalue weighted by Gasteiger charge is -2.32. The van der Waals surface area contributed by atoms with Gasteiger partial charge >= 0.3 is 0 Å². The third-order valence-corrected chi connectivity index (χ3v) is 5.49. The molecule has 1 heteroatoms. The fourth-order valence-electron chi connectivity index (χ4n) is 2.44. The van der Waals surface area contributed by atoms with Gasteiger partial charge in [0.2, 0.25) is 0 Å². The summed E-state index contributed by atoms with van der Waals surface area (Å²) in [5.74, 6) is 0. The van der Waals surface area contributed by atoms with Gasteiger partial charge in [-0.2, -0.15) is 0 Å². The Kier molecular flexibility index (Phi) is 4.71. The van der Waals surface area contributed by atoms with Gasteiger partial charge in [-0.05, 0) is 37.5 Å². The van der Waals surface area contributed by atoms with E-state index in [2.05, 4.69) is 75.4 Å². The molecule has 0 aromatic heterocycles. The van der Waals surface area contributed by atoms with Gasteiger partial charge in [0.25, 0.3) is 0 Å². The molecule has 0 spiro atoms. The van der Waals surface area contributed by atoms with E-state index in [0.29, 0.717) is 0 Å². The van der Waals surface area contributed by atoms with Gasteiger partial charge < -0.3 is 0 Å². The quantitative estimate of drug-likeness (QED) is 0.618. The van der Waals surface area contributed by atoms with E-state index < -0.39 is 0 Å². The molecule has 0 N–H and O–H groups in total. The first-order chi connectivity index (χ1) is 9.20. The highest BCUT2D eigenvalue weighted by Crippen LogP contribution is 2.46. The molecular formula is C18H22S. The number of rotatable bonds is 5. The molecule has 0 saturated heterocycles. The molecule has 19 heavy (non-hydrogen) atoms. The Morgan fingerprint density at radius 2 is 1.42 bits per heavy atom. The van der Waals surface area contributed by atoms with Crippen molar-refractivity contribution in [2.75, 3.05) is 0 Å². The van der Waals surface area contributed by atoms with E-state index in [4.69, 9.17) is 0 Å². The van der Waals surface area contributed by atoms with Crippen LogP contribution in [0.4, 0.5) is 0 Å². The predicted molar refractivity (Wildman–Crippen MR) is 85.7 cm³/mol. The third-order valence-electron chi connectivity index (χ3n) is 3.78. The maximum absolute atomic E-state index is 2.29. The molecule has 0 amide bonds. The smallest absolute Gasteiger partial charge is 0.0450 e. The van der Waals surface area contributed by atoms with Crippen molar-refractivity contribution in [3.05, 3.63) is 65.7 Å². The van der Waals surface area contributed by atoms with E-state index in [1.165, 1.54) is 16.0 Å². The maximum Gasteiger partial charge on any atom is 0.0450 e. The summed E-state index contributed by atoms with van der Waals surface area (Å²) in [4.78, 5) is 1.36. The summed E-state index contributed by atoms with van der Waals surface area (Å²) in [5.41, 5.74) is 2.76. The number of thioether (sulfide) groups is 1. The molecule has 0 atom stereocenters. The van der Waals surface area contributed by atoms with Gasteiger partial charge in [0.05, 0.1) is 0 Å². The topological polar surface area (TPSA) is 0 Å². The molecule has 0 aliphatic rings. The van der Waals surface area contributed by atoms with Crippen molar-refractivity contribution in [1.82, 2.24) is 0 Å². The summed E-state index contributed by atoms with van der Waals surface area (Å²) < 4.78 is 0.191. The Hall–Kier alpha value is -1.21. The average Bonchev–Trinajstić information content (AvgIpc) is 2.48. The van der Waals surface area contributed by atoms with Crippen LogP contribution < -0.4 is 0 Å². The summed E-state index contributed by atoms with van der Waals surface area (Å²) in [7, 11) is 0. The highest BCUT2D eigenvalue weighted by atomic mass is 32.2. The monoisotopic (exact) mass is 270 g/mol. The summed E-state index contributed by atoms with van der Waals surface area (Å²) >= 11 is 2.00. The summed E-state index contributed by atoms with van der Waals surface area (Å²) in [5, 5.41) is 0. The second-order valence-electron chi connectivity index (χ2n) is 4.98. The minimum absolute atomic E-state index is 0.191. The SMILES string of the molecule is CCC(CC)(Sc1ccc(C)cc1)c1ccccc1. The summed E-state index contributed by atoms with van der Waals surface area (Å²) in [6.45, 7) is 6.72. The molecule has 0 nitrogen and oxygen atoms in total. The fourth-order valence-corrected chi connectivity index (χ4v) is 3.70. The van der Waals surface area contributed by atoms with Crippen molar-refractivity contribution in [2.24, 2.45) is 0 Å². The van der Waals surface area contributed by atoms with Gasteiger partial charge in [0, 0.05) is 9.64 Å². The molecular weight excluding hydrogens is 248 g/mol. The van der Waals surface area contributed by atoms with Crippen LogP contribution in [0.15, 0.2) is 59.5 Å². The lowest BCUT2D eigenvalue weighted by Crippen LogP contribution is -2.19. The van der Waals surface area contributed by atoms with E-state index in [1.54, 1.807) is 0 Å². The van der Waals surface area contributed by atoms with Crippen LogP contribution in [0.1, 0.15) is 37.8 Å². The molecule has 0 radical (unpaired) electrons. The second-order valence-corrected chi connectivity index (χ2v) is 6.44. The van der Waals surface area contributed by atoms with Gasteiger partial charge in [0.1, 0.15) is 0 Å². The van der Waals surface area contributed by atoms with Crippen molar-refractivity contribution in [1.29, 1.82) is 0 Å². The minimum atomic E-state index is 0.191. The fraction of sp³-hybridized carbons (Fsp3) is 0.333. The zero-order valence-corrected chi connectivity index (χ0v) is 12.8. The van der Waals surface area contributed by atoms with Crippen LogP contribution >= 0.6 is 11.8 Å². The minimum Gasteiger partial charge on any atom is -0.115 e. The standard InChI is InChI=1S/C18H22S/c1-4-18(5-2,16-9-7-6-8-10-16)19-17-13-11-15(3)12-14-17/h6-14H,4-5H2,1-3H3. The van der Waals surface area contributed by atoms with Crippen LogP contribution in [0.2, 0.25) is 0 Å². The highest BCUT2D eigenvalue weighted by Gasteiger charge is 2.29. The van der Waals surface area contributed by atoms with Gasteiger partial charge in [0.15, 0.2) is 0 Å². The summed E-state index contributed by atoms with van der Waals surface area (Å²) in [6.07, 6.45) is 2.29. The highest BCUT2D eigenvalue weighted by molar-refractivity contribution is 8.00. The average molecular weight is 270 g/mol. The van der Waals surface area contributed by atoms with Crippen molar-refractivity contribution in [3.63, 3.8) is 0 Å². The zero-order valence-electron chi connectivity index (χ0n) is 12.0. The molecule has 0 fully saturated rings. The van der Waals surface area contributed by atoms with Crippen molar-refractivity contribution in [2.45, 2.75) is 43.3 Å². The number of hydrogen-bond acceptors (Lipinski definition) is 1. The van der Waals surface area contributed by atoms with Crippen LogP contribution in [0.5, 0.6) is 0 Å². The normalized spacial score (nSPS) is 11.5. The number of benzene rings is 2. The van der Waals surface area contributed by atoms with Crippen LogP contribution in [0.3, 0.4) is 0 Å². The van der Waals surface area contributed by atoms with Gasteiger partial charge in [-0.25, -0.2) is 0 Å². The van der Waals surface area contributed by atoms with Gasteiger partial charge in [-0.1, -0.05) is 61.9 Å². The molecule has 0 bridgehead atoms. The van der Waals surface area contributed by atoms with E-state index >= 15 is 0 Å². The van der Waals surface area contributed by atoms with E-state index in [0.717, 1.165) is 12.8 Å². The Balaban J connectivity index is 2.32. The maximum atomic E-state index is 2.29. The first kappa shape index (κ1) is 14.2. The van der Waals surface area contributed by atoms with Gasteiger partial charge in [-0.15, -0.1) is 11.8 Å². The van der Waals surface area contributed by atoms with Crippen LogP contribution in [0, 0.1) is 6.92 Å². The van der Waals surface area contributed by atoms with Crippen molar-refractivity contribution >= 4 is 11.8 Å². The van der Waals surface area contributed by atoms with Crippen LogP contribution in [0.25, 0.3) is 0 Å². The molecule has 2 aromatic rings. The Labute approximate surface area is 121 Å². The number of aryl methyl sites for hydroxylation is 1. The summed E-state index contributed by atoms with van der Waals surface area (Å²) in [6, 6.07) is 19.8. The lowest BCUT2D eigenvalue weighted by molar-refractivity contribution is 0.579. The lowest BCUT2D eigenvalue weighted by atomic mass is 9.93. The molecule has 0 saturated carbocycles. The Morgan fingerprint density at radius 1 is 0.842 bits per heavy atom. The first-order valence-electron chi connectivity index (χ1n) is 7.01. The molecule has 0 unspecified atom stereocenters. The van der Waals surface area contributed by atoms with Crippen molar-refractivity contribution in [3.8, 4) is 0 Å². The second kappa shape index (κ2) is 6.29. The van der Waals surface area contributed by atoms with E-state index in [-0.39, 0.29) is 4.75 Å². The molecule has 100 valence electrons. The third kappa shape index (κ3) is 3.22.